The number of anilines is 2. The first-order chi connectivity index (χ1) is 9.60. The molecule has 7 nitrogen and oxygen atoms in total. The minimum atomic E-state index is -0.193. The Balaban J connectivity index is 1.73. The van der Waals surface area contributed by atoms with Gasteiger partial charge in [0, 0.05) is 5.69 Å². The van der Waals surface area contributed by atoms with Crippen LogP contribution in [-0.4, -0.2) is 25.9 Å². The Morgan fingerprint density at radius 1 is 1.50 bits per heavy atom. The van der Waals surface area contributed by atoms with Crippen LogP contribution < -0.4 is 11.1 Å². The van der Waals surface area contributed by atoms with E-state index in [-0.39, 0.29) is 18.3 Å². The van der Waals surface area contributed by atoms with Crippen LogP contribution in [0.25, 0.3) is 10.2 Å². The molecule has 0 saturated heterocycles. The number of aryl methyl sites for hydroxylation is 1. The monoisotopic (exact) mass is 288 g/mol. The van der Waals surface area contributed by atoms with Crippen molar-refractivity contribution in [1.82, 2.24) is 20.0 Å². The molecule has 0 saturated carbocycles. The third-order valence-corrected chi connectivity index (χ3v) is 3.59. The molecular formula is C12H12N6OS. The SMILES string of the molecule is Cc1nc2cc(NC(=O)Cn3cc(N)nn3)ccc2s1. The van der Waals surface area contributed by atoms with E-state index < -0.39 is 0 Å². The normalized spacial score (nSPS) is 10.8. The Morgan fingerprint density at radius 3 is 3.10 bits per heavy atom. The summed E-state index contributed by atoms with van der Waals surface area (Å²) in [5.74, 6) is 0.0957. The summed E-state index contributed by atoms with van der Waals surface area (Å²) in [4.78, 5) is 16.3. The number of rotatable bonds is 3. The van der Waals surface area contributed by atoms with Gasteiger partial charge in [-0.15, -0.1) is 16.4 Å². The van der Waals surface area contributed by atoms with Crippen LogP contribution in [0.3, 0.4) is 0 Å². The quantitative estimate of drug-likeness (QED) is 0.759. The minimum absolute atomic E-state index is 0.0678. The number of amides is 1. The lowest BCUT2D eigenvalue weighted by Crippen LogP contribution is -2.19. The van der Waals surface area contributed by atoms with Crippen LogP contribution in [0.5, 0.6) is 0 Å². The Bertz CT molecular complexity index is 777. The van der Waals surface area contributed by atoms with E-state index in [0.717, 1.165) is 15.2 Å². The summed E-state index contributed by atoms with van der Waals surface area (Å²) in [6, 6.07) is 5.66. The number of nitrogens with two attached hydrogens (primary N) is 1. The zero-order valence-electron chi connectivity index (χ0n) is 10.7. The van der Waals surface area contributed by atoms with Gasteiger partial charge in [0.2, 0.25) is 5.91 Å². The summed E-state index contributed by atoms with van der Waals surface area (Å²) in [5.41, 5.74) is 7.03. The van der Waals surface area contributed by atoms with Crippen molar-refractivity contribution in [3.05, 3.63) is 29.4 Å². The molecule has 0 spiro atoms. The van der Waals surface area contributed by atoms with Gasteiger partial charge in [0.15, 0.2) is 5.82 Å². The predicted molar refractivity (Wildman–Crippen MR) is 77.4 cm³/mol. The summed E-state index contributed by atoms with van der Waals surface area (Å²) in [6.07, 6.45) is 1.51. The van der Waals surface area contributed by atoms with Crippen molar-refractivity contribution in [1.29, 1.82) is 0 Å². The molecule has 1 amide bonds. The van der Waals surface area contributed by atoms with Crippen LogP contribution in [0.15, 0.2) is 24.4 Å². The molecule has 3 N–H and O–H groups in total. The highest BCUT2D eigenvalue weighted by atomic mass is 32.1. The second kappa shape index (κ2) is 4.89. The van der Waals surface area contributed by atoms with Crippen molar-refractivity contribution in [3.8, 4) is 0 Å². The summed E-state index contributed by atoms with van der Waals surface area (Å²) in [7, 11) is 0. The van der Waals surface area contributed by atoms with Crippen LogP contribution in [0.2, 0.25) is 0 Å². The maximum absolute atomic E-state index is 11.9. The number of benzene rings is 1. The number of fused-ring (bicyclic) bond motifs is 1. The summed E-state index contributed by atoms with van der Waals surface area (Å²) in [6.45, 7) is 2.02. The van der Waals surface area contributed by atoms with Crippen molar-refractivity contribution in [2.45, 2.75) is 13.5 Å². The third-order valence-electron chi connectivity index (χ3n) is 2.64. The smallest absolute Gasteiger partial charge is 0.246 e. The predicted octanol–water partition coefficient (Wildman–Crippen LogP) is 1.42. The van der Waals surface area contributed by atoms with E-state index >= 15 is 0 Å². The molecule has 8 heteroatoms. The highest BCUT2D eigenvalue weighted by molar-refractivity contribution is 7.18. The largest absolute Gasteiger partial charge is 0.381 e. The Kier molecular flexibility index (Phi) is 3.07. The van der Waals surface area contributed by atoms with E-state index in [4.69, 9.17) is 5.73 Å². The molecule has 20 heavy (non-hydrogen) atoms. The molecule has 2 heterocycles. The van der Waals surface area contributed by atoms with Crippen molar-refractivity contribution in [3.63, 3.8) is 0 Å². The van der Waals surface area contributed by atoms with Crippen molar-refractivity contribution in [2.75, 3.05) is 11.1 Å². The first kappa shape index (κ1) is 12.5. The number of carbonyl (C=O) groups is 1. The van der Waals surface area contributed by atoms with E-state index in [9.17, 15) is 4.79 Å². The number of hydrogen-bond donors (Lipinski definition) is 2. The average molecular weight is 288 g/mol. The minimum Gasteiger partial charge on any atom is -0.381 e. The maximum Gasteiger partial charge on any atom is 0.246 e. The molecule has 0 aliphatic carbocycles. The standard InChI is InChI=1S/C12H12N6OS/c1-7-14-9-4-8(2-3-10(9)20-7)15-12(19)6-18-5-11(13)16-17-18/h2-5H,6,13H2,1H3,(H,15,19). The molecule has 102 valence electrons. The number of thiazole rings is 1. The molecule has 3 aromatic rings. The van der Waals surface area contributed by atoms with E-state index in [2.05, 4.69) is 20.6 Å². The average Bonchev–Trinajstić information content (AvgIpc) is 2.93. The van der Waals surface area contributed by atoms with E-state index in [1.807, 2.05) is 25.1 Å². The first-order valence-corrected chi connectivity index (χ1v) is 6.74. The zero-order chi connectivity index (χ0) is 14.1. The molecule has 0 fully saturated rings. The molecule has 0 aliphatic rings. The number of nitrogens with zero attached hydrogens (tertiary/aromatic N) is 4. The highest BCUT2D eigenvalue weighted by Gasteiger charge is 2.07. The van der Waals surface area contributed by atoms with Gasteiger partial charge in [0.1, 0.15) is 6.54 Å². The lowest BCUT2D eigenvalue weighted by Gasteiger charge is -2.04. The number of nitrogens with one attached hydrogen (secondary N) is 1. The Morgan fingerprint density at radius 2 is 2.35 bits per heavy atom. The third kappa shape index (κ3) is 2.59. The Labute approximate surface area is 118 Å². The van der Waals surface area contributed by atoms with Gasteiger partial charge in [0.25, 0.3) is 0 Å². The fourth-order valence-corrected chi connectivity index (χ4v) is 2.67. The van der Waals surface area contributed by atoms with Crippen LogP contribution in [0, 0.1) is 6.92 Å². The molecule has 3 rings (SSSR count). The topological polar surface area (TPSA) is 98.7 Å². The molecule has 0 radical (unpaired) electrons. The van der Waals surface area contributed by atoms with E-state index in [1.54, 1.807) is 11.3 Å². The summed E-state index contributed by atoms with van der Waals surface area (Å²) in [5, 5.41) is 11.1. The molecule has 0 atom stereocenters. The first-order valence-electron chi connectivity index (χ1n) is 5.93. The molecule has 1 aromatic carbocycles. The van der Waals surface area contributed by atoms with Crippen molar-refractivity contribution in [2.24, 2.45) is 0 Å². The lowest BCUT2D eigenvalue weighted by atomic mass is 10.3. The van der Waals surface area contributed by atoms with Gasteiger partial charge in [-0.3, -0.25) is 4.79 Å². The number of aromatic nitrogens is 4. The molecule has 0 bridgehead atoms. The van der Waals surface area contributed by atoms with Gasteiger partial charge < -0.3 is 11.1 Å². The van der Waals surface area contributed by atoms with Gasteiger partial charge in [-0.1, -0.05) is 5.21 Å². The van der Waals surface area contributed by atoms with Crippen molar-refractivity contribution < 1.29 is 4.79 Å². The van der Waals surface area contributed by atoms with E-state index in [0.29, 0.717) is 5.69 Å². The van der Waals surface area contributed by atoms with Gasteiger partial charge >= 0.3 is 0 Å². The summed E-state index contributed by atoms with van der Waals surface area (Å²) >= 11 is 1.63. The molecule has 2 aromatic heterocycles. The molecule has 0 aliphatic heterocycles. The fourth-order valence-electron chi connectivity index (χ4n) is 1.86. The fraction of sp³-hybridized carbons (Fsp3) is 0.167. The van der Waals surface area contributed by atoms with Crippen molar-refractivity contribution >= 4 is 39.0 Å². The van der Waals surface area contributed by atoms with Crippen LogP contribution in [0.1, 0.15) is 5.01 Å². The maximum atomic E-state index is 11.9. The number of carbonyl (C=O) groups excluding carboxylic acids is 1. The number of nitrogen functional groups attached to an aromatic ring is 1. The Hall–Kier alpha value is -2.48. The second-order valence-electron chi connectivity index (χ2n) is 4.30. The molecule has 0 unspecified atom stereocenters. The summed E-state index contributed by atoms with van der Waals surface area (Å²) < 4.78 is 2.49. The second-order valence-corrected chi connectivity index (χ2v) is 5.54. The zero-order valence-corrected chi connectivity index (χ0v) is 11.5. The van der Waals surface area contributed by atoms with Crippen LogP contribution >= 0.6 is 11.3 Å². The van der Waals surface area contributed by atoms with E-state index in [1.165, 1.54) is 10.9 Å². The van der Waals surface area contributed by atoms with Gasteiger partial charge in [0.05, 0.1) is 21.4 Å². The van der Waals surface area contributed by atoms with Crippen LogP contribution in [0.4, 0.5) is 11.5 Å². The highest BCUT2D eigenvalue weighted by Crippen LogP contribution is 2.24. The molecular weight excluding hydrogens is 276 g/mol. The van der Waals surface area contributed by atoms with Crippen LogP contribution in [-0.2, 0) is 11.3 Å². The lowest BCUT2D eigenvalue weighted by molar-refractivity contribution is -0.116. The van der Waals surface area contributed by atoms with Gasteiger partial charge in [-0.05, 0) is 25.1 Å². The van der Waals surface area contributed by atoms with Gasteiger partial charge in [-0.2, -0.15) is 0 Å². The van der Waals surface area contributed by atoms with Gasteiger partial charge in [-0.25, -0.2) is 9.67 Å². The number of hydrogen-bond acceptors (Lipinski definition) is 6.